The van der Waals surface area contributed by atoms with Crippen molar-refractivity contribution < 1.29 is 14.6 Å². The Labute approximate surface area is 165 Å². The summed E-state index contributed by atoms with van der Waals surface area (Å²) in [5, 5.41) is 9.08. The normalized spacial score (nSPS) is 10.8. The van der Waals surface area contributed by atoms with Gasteiger partial charge in [-0.2, -0.15) is 0 Å². The first-order valence-corrected chi connectivity index (χ1v) is 9.72. The van der Waals surface area contributed by atoms with Crippen LogP contribution in [0.5, 0.6) is 5.75 Å². The van der Waals surface area contributed by atoms with E-state index in [1.54, 1.807) is 25.2 Å². The number of nitrogens with zero attached hydrogens (tertiary/aromatic N) is 2. The highest BCUT2D eigenvalue weighted by molar-refractivity contribution is 5.95. The van der Waals surface area contributed by atoms with Gasteiger partial charge in [-0.15, -0.1) is 0 Å². The predicted molar refractivity (Wildman–Crippen MR) is 109 cm³/mol. The van der Waals surface area contributed by atoms with Crippen LogP contribution in [-0.2, 0) is 12.8 Å². The maximum absolute atomic E-state index is 12.6. The molecule has 2 N–H and O–H groups in total. The van der Waals surface area contributed by atoms with E-state index in [9.17, 15) is 9.59 Å². The first kappa shape index (κ1) is 21.6. The molecule has 0 fully saturated rings. The number of carbonyl (C=O) groups is 1. The van der Waals surface area contributed by atoms with Crippen molar-refractivity contribution in [3.05, 3.63) is 45.4 Å². The Morgan fingerprint density at radius 2 is 2.00 bits per heavy atom. The van der Waals surface area contributed by atoms with E-state index in [4.69, 9.17) is 9.84 Å². The van der Waals surface area contributed by atoms with Crippen LogP contribution >= 0.6 is 0 Å². The van der Waals surface area contributed by atoms with Gasteiger partial charge in [-0.3, -0.25) is 9.59 Å². The van der Waals surface area contributed by atoms with Crippen LogP contribution in [0.4, 0.5) is 0 Å². The zero-order valence-corrected chi connectivity index (χ0v) is 17.0. The third-order valence-corrected chi connectivity index (χ3v) is 4.52. The van der Waals surface area contributed by atoms with E-state index in [-0.39, 0.29) is 24.6 Å². The van der Waals surface area contributed by atoms with Crippen LogP contribution < -0.4 is 10.3 Å². The molecule has 2 aromatic rings. The highest BCUT2D eigenvalue weighted by Gasteiger charge is 2.18. The topological polar surface area (TPSA) is 95.5 Å². The second-order valence-corrected chi connectivity index (χ2v) is 6.56. The predicted octanol–water partition coefficient (Wildman–Crippen LogP) is 2.41. The van der Waals surface area contributed by atoms with Crippen LogP contribution in [0.25, 0.3) is 11.4 Å². The number of hydrogen-bond donors (Lipinski definition) is 2. The number of aryl methyl sites for hydroxylation is 1. The zero-order valence-electron chi connectivity index (χ0n) is 17.0. The van der Waals surface area contributed by atoms with Gasteiger partial charge in [0.05, 0.1) is 24.5 Å². The van der Waals surface area contributed by atoms with E-state index in [1.807, 2.05) is 20.8 Å². The Hall–Kier alpha value is -2.67. The number of ether oxygens (including phenoxy) is 1. The molecule has 0 aliphatic heterocycles. The molecule has 0 radical (unpaired) electrons. The fourth-order valence-corrected chi connectivity index (χ4v) is 2.99. The smallest absolute Gasteiger partial charge is 0.254 e. The second kappa shape index (κ2) is 10.0. The van der Waals surface area contributed by atoms with Gasteiger partial charge < -0.3 is 19.7 Å². The highest BCUT2D eigenvalue weighted by atomic mass is 16.5. The molecule has 7 heteroatoms. The summed E-state index contributed by atoms with van der Waals surface area (Å²) in [6.45, 7) is 6.54. The Balaban J connectivity index is 2.59. The van der Waals surface area contributed by atoms with Crippen LogP contribution in [-0.4, -0.2) is 52.7 Å². The van der Waals surface area contributed by atoms with Gasteiger partial charge in [-0.1, -0.05) is 20.8 Å². The molecule has 0 saturated heterocycles. The number of nitrogens with one attached hydrogen (secondary N) is 1. The van der Waals surface area contributed by atoms with Crippen LogP contribution in [0.2, 0.25) is 0 Å². The van der Waals surface area contributed by atoms with Crippen LogP contribution in [0, 0.1) is 0 Å². The van der Waals surface area contributed by atoms with E-state index in [2.05, 4.69) is 9.97 Å². The fourth-order valence-electron chi connectivity index (χ4n) is 2.99. The van der Waals surface area contributed by atoms with Crippen LogP contribution in [0.1, 0.15) is 48.8 Å². The van der Waals surface area contributed by atoms with Gasteiger partial charge >= 0.3 is 0 Å². The highest BCUT2D eigenvalue weighted by Crippen LogP contribution is 2.29. The quantitative estimate of drug-likeness (QED) is 0.689. The van der Waals surface area contributed by atoms with Crippen molar-refractivity contribution in [2.24, 2.45) is 0 Å². The molecule has 28 heavy (non-hydrogen) atoms. The number of aromatic nitrogens is 2. The minimum Gasteiger partial charge on any atom is -0.493 e. The third-order valence-electron chi connectivity index (χ3n) is 4.52. The summed E-state index contributed by atoms with van der Waals surface area (Å²) in [7, 11) is 1.63. The van der Waals surface area contributed by atoms with Gasteiger partial charge in [0.2, 0.25) is 0 Å². The van der Waals surface area contributed by atoms with Crippen molar-refractivity contribution in [1.29, 1.82) is 0 Å². The Morgan fingerprint density at radius 3 is 2.61 bits per heavy atom. The molecule has 1 heterocycles. The van der Waals surface area contributed by atoms with Crippen molar-refractivity contribution in [3.8, 4) is 17.1 Å². The standard InChI is InChI=1S/C21H29N3O4/c1-5-12-28-18-9-8-14(21(27)24(4)10-11-25)13-16(18)19-22-17(7-3)15(6-2)20(26)23-19/h8-9,13,25H,5-7,10-12H2,1-4H3,(H,22,23,26). The number of likely N-dealkylation sites (N-methyl/N-ethyl adjacent to an activating group) is 1. The van der Waals surface area contributed by atoms with Crippen LogP contribution in [0.3, 0.4) is 0 Å². The molecule has 0 unspecified atom stereocenters. The molecule has 1 aromatic carbocycles. The van der Waals surface area contributed by atoms with E-state index >= 15 is 0 Å². The van der Waals surface area contributed by atoms with Crippen molar-refractivity contribution in [3.63, 3.8) is 0 Å². The summed E-state index contributed by atoms with van der Waals surface area (Å²) in [4.78, 5) is 34.1. The van der Waals surface area contributed by atoms with Gasteiger partial charge in [-0.25, -0.2) is 4.98 Å². The minimum absolute atomic E-state index is 0.111. The first-order chi connectivity index (χ1) is 13.5. The lowest BCUT2D eigenvalue weighted by Crippen LogP contribution is -2.29. The molecule has 0 aliphatic rings. The van der Waals surface area contributed by atoms with E-state index in [1.165, 1.54) is 4.90 Å². The number of rotatable bonds is 9. The summed E-state index contributed by atoms with van der Waals surface area (Å²) >= 11 is 0. The SMILES string of the molecule is CCCOc1ccc(C(=O)N(C)CCO)cc1-c1nc(CC)c(CC)c(=O)[nH]1. The van der Waals surface area contributed by atoms with E-state index in [0.717, 1.165) is 12.1 Å². The summed E-state index contributed by atoms with van der Waals surface area (Å²) < 4.78 is 5.83. The maximum Gasteiger partial charge on any atom is 0.254 e. The lowest BCUT2D eigenvalue weighted by molar-refractivity contribution is 0.0767. The Bertz CT molecular complexity index is 876. The number of aliphatic hydroxyl groups excluding tert-OH is 1. The van der Waals surface area contributed by atoms with E-state index in [0.29, 0.717) is 47.7 Å². The lowest BCUT2D eigenvalue weighted by Gasteiger charge is -2.18. The average Bonchev–Trinajstić information content (AvgIpc) is 2.71. The van der Waals surface area contributed by atoms with Crippen LogP contribution in [0.15, 0.2) is 23.0 Å². The summed E-state index contributed by atoms with van der Waals surface area (Å²) in [5.74, 6) is 0.739. The van der Waals surface area contributed by atoms with Crippen molar-refractivity contribution >= 4 is 5.91 Å². The second-order valence-electron chi connectivity index (χ2n) is 6.56. The molecule has 1 amide bonds. The first-order valence-electron chi connectivity index (χ1n) is 9.72. The number of amides is 1. The zero-order chi connectivity index (χ0) is 20.7. The van der Waals surface area contributed by atoms with Crippen molar-refractivity contribution in [1.82, 2.24) is 14.9 Å². The van der Waals surface area contributed by atoms with Gasteiger partial charge in [0.25, 0.3) is 11.5 Å². The van der Waals surface area contributed by atoms with Gasteiger partial charge in [0.1, 0.15) is 11.6 Å². The lowest BCUT2D eigenvalue weighted by atomic mass is 10.1. The molecule has 0 bridgehead atoms. The molecule has 152 valence electrons. The number of carbonyl (C=O) groups excluding carboxylic acids is 1. The van der Waals surface area contributed by atoms with E-state index < -0.39 is 0 Å². The molecule has 0 spiro atoms. The van der Waals surface area contributed by atoms with Gasteiger partial charge in [0.15, 0.2) is 0 Å². The number of benzene rings is 1. The fraction of sp³-hybridized carbons (Fsp3) is 0.476. The summed E-state index contributed by atoms with van der Waals surface area (Å²) in [6, 6.07) is 5.10. The maximum atomic E-state index is 12.6. The summed E-state index contributed by atoms with van der Waals surface area (Å²) in [5.41, 5.74) is 2.27. The van der Waals surface area contributed by atoms with Crippen molar-refractivity contribution in [2.45, 2.75) is 40.0 Å². The molecular formula is C21H29N3O4. The van der Waals surface area contributed by atoms with Gasteiger partial charge in [-0.05, 0) is 37.5 Å². The number of aromatic amines is 1. The molecule has 0 saturated carbocycles. The Kier molecular flexibility index (Phi) is 7.75. The molecule has 0 aliphatic carbocycles. The molecule has 0 atom stereocenters. The molecule has 2 rings (SSSR count). The molecular weight excluding hydrogens is 358 g/mol. The van der Waals surface area contributed by atoms with Crippen molar-refractivity contribution in [2.75, 3.05) is 26.8 Å². The Morgan fingerprint density at radius 1 is 1.25 bits per heavy atom. The largest absolute Gasteiger partial charge is 0.493 e. The third kappa shape index (κ3) is 4.78. The number of H-pyrrole nitrogens is 1. The number of aliphatic hydroxyl groups is 1. The minimum atomic E-state index is -0.222. The molecule has 1 aromatic heterocycles. The van der Waals surface area contributed by atoms with Gasteiger partial charge in [0, 0.05) is 24.7 Å². The number of hydrogen-bond acceptors (Lipinski definition) is 5. The average molecular weight is 387 g/mol. The monoisotopic (exact) mass is 387 g/mol. The molecule has 7 nitrogen and oxygen atoms in total. The summed E-state index contributed by atoms with van der Waals surface area (Å²) in [6.07, 6.45) is 2.08.